The number of esters is 1. The summed E-state index contributed by atoms with van der Waals surface area (Å²) >= 11 is 11.3. The Morgan fingerprint density at radius 3 is 2.75 bits per heavy atom. The molecule has 12 heavy (non-hydrogen) atoms. The van der Waals surface area contributed by atoms with Gasteiger partial charge < -0.3 is 9.72 Å². The van der Waals surface area contributed by atoms with E-state index in [9.17, 15) is 4.79 Å². The van der Waals surface area contributed by atoms with E-state index in [2.05, 4.69) is 4.98 Å². The van der Waals surface area contributed by atoms with Crippen LogP contribution in [0.25, 0.3) is 0 Å². The first-order valence-electron chi connectivity index (χ1n) is 3.36. The number of aromatic amines is 1. The minimum Gasteiger partial charge on any atom is -0.461 e. The highest BCUT2D eigenvalue weighted by molar-refractivity contribution is 6.43. The Morgan fingerprint density at radius 2 is 2.33 bits per heavy atom. The molecule has 1 rings (SSSR count). The maximum atomic E-state index is 11.1. The molecule has 0 amide bonds. The second-order valence-corrected chi connectivity index (χ2v) is 2.83. The van der Waals surface area contributed by atoms with Gasteiger partial charge in [-0.05, 0) is 6.92 Å². The van der Waals surface area contributed by atoms with Crippen LogP contribution in [0.5, 0.6) is 0 Å². The maximum Gasteiger partial charge on any atom is 0.356 e. The summed E-state index contributed by atoms with van der Waals surface area (Å²) < 4.78 is 4.71. The highest BCUT2D eigenvalue weighted by Gasteiger charge is 2.15. The van der Waals surface area contributed by atoms with Crippen molar-refractivity contribution in [3.8, 4) is 0 Å². The monoisotopic (exact) mass is 207 g/mol. The molecule has 1 N–H and O–H groups in total. The van der Waals surface area contributed by atoms with Gasteiger partial charge in [0, 0.05) is 6.20 Å². The van der Waals surface area contributed by atoms with Gasteiger partial charge in [0.15, 0.2) is 0 Å². The summed E-state index contributed by atoms with van der Waals surface area (Å²) in [6.07, 6.45) is 1.44. The van der Waals surface area contributed by atoms with Crippen molar-refractivity contribution in [3.63, 3.8) is 0 Å². The van der Waals surface area contributed by atoms with E-state index in [1.807, 2.05) is 0 Å². The average Bonchev–Trinajstić information content (AvgIpc) is 2.34. The topological polar surface area (TPSA) is 42.1 Å². The van der Waals surface area contributed by atoms with Gasteiger partial charge in [-0.1, -0.05) is 23.2 Å². The van der Waals surface area contributed by atoms with E-state index in [1.54, 1.807) is 6.92 Å². The first kappa shape index (κ1) is 9.42. The van der Waals surface area contributed by atoms with Crippen molar-refractivity contribution in [2.75, 3.05) is 6.61 Å². The second-order valence-electron chi connectivity index (χ2n) is 2.05. The van der Waals surface area contributed by atoms with E-state index >= 15 is 0 Å². The average molecular weight is 208 g/mol. The molecule has 0 fully saturated rings. The molecular weight excluding hydrogens is 201 g/mol. The van der Waals surface area contributed by atoms with E-state index in [0.29, 0.717) is 11.6 Å². The van der Waals surface area contributed by atoms with Gasteiger partial charge in [0.2, 0.25) is 0 Å². The van der Waals surface area contributed by atoms with Gasteiger partial charge >= 0.3 is 5.97 Å². The molecule has 0 spiro atoms. The molecule has 0 aliphatic rings. The Balaban J connectivity index is 2.88. The van der Waals surface area contributed by atoms with Crippen LogP contribution in [-0.4, -0.2) is 17.6 Å². The molecule has 0 saturated carbocycles. The molecule has 0 saturated heterocycles. The lowest BCUT2D eigenvalue weighted by Gasteiger charge is -1.98. The second kappa shape index (κ2) is 3.83. The van der Waals surface area contributed by atoms with Gasteiger partial charge in [0.1, 0.15) is 5.69 Å². The van der Waals surface area contributed by atoms with Crippen molar-refractivity contribution >= 4 is 29.2 Å². The number of hydrogen-bond acceptors (Lipinski definition) is 2. The predicted octanol–water partition coefficient (Wildman–Crippen LogP) is 2.50. The molecule has 0 atom stereocenters. The van der Waals surface area contributed by atoms with Gasteiger partial charge in [0.25, 0.3) is 0 Å². The molecule has 5 heteroatoms. The number of hydrogen-bond donors (Lipinski definition) is 1. The zero-order chi connectivity index (χ0) is 9.14. The summed E-state index contributed by atoms with van der Waals surface area (Å²) in [5.41, 5.74) is 0.198. The Hall–Kier alpha value is -0.670. The summed E-state index contributed by atoms with van der Waals surface area (Å²) in [5, 5.41) is 0.523. The lowest BCUT2D eigenvalue weighted by atomic mass is 10.4. The molecule has 1 aromatic rings. The third-order valence-electron chi connectivity index (χ3n) is 1.25. The van der Waals surface area contributed by atoms with Gasteiger partial charge in [0.05, 0.1) is 16.7 Å². The number of carbonyl (C=O) groups is 1. The zero-order valence-electron chi connectivity index (χ0n) is 6.36. The van der Waals surface area contributed by atoms with Crippen LogP contribution >= 0.6 is 23.2 Å². The minimum atomic E-state index is -0.491. The molecule has 0 radical (unpaired) electrons. The smallest absolute Gasteiger partial charge is 0.356 e. The Labute approximate surface area is 79.6 Å². The third-order valence-corrected chi connectivity index (χ3v) is 2.04. The van der Waals surface area contributed by atoms with E-state index in [0.717, 1.165) is 0 Å². The molecule has 0 aromatic carbocycles. The molecule has 0 bridgehead atoms. The summed E-state index contributed by atoms with van der Waals surface area (Å²) in [6.45, 7) is 2.03. The molecule has 1 heterocycles. The fourth-order valence-corrected chi connectivity index (χ4v) is 1.07. The van der Waals surface area contributed by atoms with Crippen LogP contribution in [0.1, 0.15) is 17.4 Å². The molecule has 66 valence electrons. The summed E-state index contributed by atoms with van der Waals surface area (Å²) in [5.74, 6) is -0.491. The van der Waals surface area contributed by atoms with Crippen molar-refractivity contribution in [1.29, 1.82) is 0 Å². The predicted molar refractivity (Wildman–Crippen MR) is 46.8 cm³/mol. The highest BCUT2D eigenvalue weighted by atomic mass is 35.5. The number of ether oxygens (including phenoxy) is 1. The van der Waals surface area contributed by atoms with Crippen LogP contribution in [0, 0.1) is 0 Å². The van der Waals surface area contributed by atoms with Crippen molar-refractivity contribution in [3.05, 3.63) is 21.9 Å². The van der Waals surface area contributed by atoms with Crippen LogP contribution in [0.4, 0.5) is 0 Å². The standard InChI is InChI=1S/C7H7Cl2NO2/c1-2-12-7(11)6-5(9)4(8)3-10-6/h3,10H,2H2,1H3. The Morgan fingerprint density at radius 1 is 1.67 bits per heavy atom. The third kappa shape index (κ3) is 1.73. The Bertz CT molecular complexity index is 296. The number of rotatable bonds is 2. The highest BCUT2D eigenvalue weighted by Crippen LogP contribution is 2.25. The summed E-state index contributed by atoms with van der Waals surface area (Å²) in [6, 6.07) is 0. The van der Waals surface area contributed by atoms with Crippen LogP contribution in [0.3, 0.4) is 0 Å². The minimum absolute atomic E-state index is 0.198. The zero-order valence-corrected chi connectivity index (χ0v) is 7.87. The lowest BCUT2D eigenvalue weighted by molar-refractivity contribution is 0.0520. The number of nitrogens with one attached hydrogen (secondary N) is 1. The number of carbonyl (C=O) groups excluding carboxylic acids is 1. The van der Waals surface area contributed by atoms with Gasteiger partial charge in [-0.25, -0.2) is 4.79 Å². The molecule has 3 nitrogen and oxygen atoms in total. The molecule has 1 aromatic heterocycles. The van der Waals surface area contributed by atoms with Crippen LogP contribution in [-0.2, 0) is 4.74 Å². The van der Waals surface area contributed by atoms with Crippen molar-refractivity contribution in [2.24, 2.45) is 0 Å². The number of H-pyrrole nitrogens is 1. The maximum absolute atomic E-state index is 11.1. The van der Waals surface area contributed by atoms with Gasteiger partial charge in [-0.2, -0.15) is 0 Å². The summed E-state index contributed by atoms with van der Waals surface area (Å²) in [7, 11) is 0. The van der Waals surface area contributed by atoms with Crippen LogP contribution in [0.2, 0.25) is 10.0 Å². The largest absolute Gasteiger partial charge is 0.461 e. The molecule has 0 aliphatic heterocycles. The number of halogens is 2. The van der Waals surface area contributed by atoms with E-state index < -0.39 is 5.97 Å². The molecular formula is C7H7Cl2NO2. The fraction of sp³-hybridized carbons (Fsp3) is 0.286. The lowest BCUT2D eigenvalue weighted by Crippen LogP contribution is -2.05. The van der Waals surface area contributed by atoms with Crippen LogP contribution in [0.15, 0.2) is 6.20 Å². The first-order valence-corrected chi connectivity index (χ1v) is 4.12. The van der Waals surface area contributed by atoms with Crippen molar-refractivity contribution in [2.45, 2.75) is 6.92 Å². The molecule has 0 unspecified atom stereocenters. The Kier molecular flexibility index (Phi) is 3.00. The summed E-state index contributed by atoms with van der Waals surface area (Å²) in [4.78, 5) is 13.7. The van der Waals surface area contributed by atoms with E-state index in [4.69, 9.17) is 27.9 Å². The van der Waals surface area contributed by atoms with Crippen LogP contribution < -0.4 is 0 Å². The first-order chi connectivity index (χ1) is 5.66. The quantitative estimate of drug-likeness (QED) is 0.758. The van der Waals surface area contributed by atoms with Crippen molar-refractivity contribution < 1.29 is 9.53 Å². The van der Waals surface area contributed by atoms with Gasteiger partial charge in [-0.3, -0.25) is 0 Å². The molecule has 0 aliphatic carbocycles. The van der Waals surface area contributed by atoms with E-state index in [1.165, 1.54) is 6.20 Å². The number of aromatic nitrogens is 1. The van der Waals surface area contributed by atoms with Gasteiger partial charge in [-0.15, -0.1) is 0 Å². The fourth-order valence-electron chi connectivity index (χ4n) is 0.733. The normalized spacial score (nSPS) is 9.92. The SMILES string of the molecule is CCOC(=O)c1[nH]cc(Cl)c1Cl. The van der Waals surface area contributed by atoms with E-state index in [-0.39, 0.29) is 10.7 Å². The van der Waals surface area contributed by atoms with Crippen molar-refractivity contribution in [1.82, 2.24) is 4.98 Å².